The van der Waals surface area contributed by atoms with E-state index in [1.165, 1.54) is 0 Å². The molecule has 0 amide bonds. The first-order valence-corrected chi connectivity index (χ1v) is 7.79. The van der Waals surface area contributed by atoms with E-state index in [0.29, 0.717) is 5.69 Å². The van der Waals surface area contributed by atoms with Crippen LogP contribution in [0.3, 0.4) is 0 Å². The number of hydrogen-bond acceptors (Lipinski definition) is 4. The second kappa shape index (κ2) is 5.60. The second-order valence-electron chi connectivity index (χ2n) is 4.59. The number of pyridine rings is 1. The monoisotopic (exact) mass is 254 g/mol. The van der Waals surface area contributed by atoms with Crippen LogP contribution in [0.4, 0.5) is 0 Å². The number of nitrogens with zero attached hydrogens (tertiary/aromatic N) is 1. The van der Waals surface area contributed by atoms with Crippen molar-refractivity contribution < 1.29 is 8.42 Å². The molecule has 4 nitrogen and oxygen atoms in total. The summed E-state index contributed by atoms with van der Waals surface area (Å²) in [6, 6.07) is 5.37. The first-order chi connectivity index (χ1) is 8.16. The van der Waals surface area contributed by atoms with Gasteiger partial charge in [-0.1, -0.05) is 6.07 Å². The lowest BCUT2D eigenvalue weighted by Gasteiger charge is -2.22. The zero-order valence-electron chi connectivity index (χ0n) is 9.80. The van der Waals surface area contributed by atoms with Crippen LogP contribution in [-0.4, -0.2) is 32.2 Å². The molecule has 1 atom stereocenters. The van der Waals surface area contributed by atoms with Crippen LogP contribution in [0, 0.1) is 5.92 Å². The fraction of sp³-hybridized carbons (Fsp3) is 0.583. The number of nitrogens with one attached hydrogen (secondary N) is 1. The van der Waals surface area contributed by atoms with E-state index in [9.17, 15) is 8.42 Å². The van der Waals surface area contributed by atoms with Crippen molar-refractivity contribution in [2.24, 2.45) is 5.92 Å². The van der Waals surface area contributed by atoms with Crippen LogP contribution in [-0.2, 0) is 15.6 Å². The summed E-state index contributed by atoms with van der Waals surface area (Å²) >= 11 is 0. The number of aromatic nitrogens is 1. The Morgan fingerprint density at radius 3 is 2.94 bits per heavy atom. The maximum atomic E-state index is 12.0. The highest BCUT2D eigenvalue weighted by Crippen LogP contribution is 2.14. The predicted molar refractivity (Wildman–Crippen MR) is 67.3 cm³/mol. The van der Waals surface area contributed by atoms with Crippen molar-refractivity contribution in [3.63, 3.8) is 0 Å². The number of sulfone groups is 1. The van der Waals surface area contributed by atoms with E-state index in [-0.39, 0.29) is 17.4 Å². The maximum absolute atomic E-state index is 12.0. The molecule has 1 unspecified atom stereocenters. The van der Waals surface area contributed by atoms with E-state index in [0.717, 1.165) is 25.9 Å². The quantitative estimate of drug-likeness (QED) is 0.870. The minimum absolute atomic E-state index is 0.0599. The summed E-state index contributed by atoms with van der Waals surface area (Å²) in [6.45, 7) is 1.83. The lowest BCUT2D eigenvalue weighted by atomic mass is 10.0. The Kier molecular flexibility index (Phi) is 4.12. The highest BCUT2D eigenvalue weighted by atomic mass is 32.2. The van der Waals surface area contributed by atoms with E-state index in [4.69, 9.17) is 0 Å². The van der Waals surface area contributed by atoms with Crippen molar-refractivity contribution in [2.75, 3.05) is 18.8 Å². The second-order valence-corrected chi connectivity index (χ2v) is 6.70. The molecule has 2 heterocycles. The van der Waals surface area contributed by atoms with Crippen molar-refractivity contribution in [1.29, 1.82) is 0 Å². The van der Waals surface area contributed by atoms with Crippen molar-refractivity contribution in [1.82, 2.24) is 10.3 Å². The summed E-state index contributed by atoms with van der Waals surface area (Å²) < 4.78 is 24.0. The van der Waals surface area contributed by atoms with Gasteiger partial charge in [-0.25, -0.2) is 8.42 Å². The summed E-state index contributed by atoms with van der Waals surface area (Å²) in [4.78, 5) is 4.06. The van der Waals surface area contributed by atoms with Gasteiger partial charge in [-0.3, -0.25) is 4.98 Å². The Bertz CT molecular complexity index is 439. The summed E-state index contributed by atoms with van der Waals surface area (Å²) in [5, 5.41) is 3.24. The SMILES string of the molecule is O=S(=O)(Cc1ccccn1)CC1CCCNC1. The van der Waals surface area contributed by atoms with Gasteiger partial charge in [0.15, 0.2) is 9.84 Å². The van der Waals surface area contributed by atoms with Crippen LogP contribution in [0.25, 0.3) is 0 Å². The minimum atomic E-state index is -3.04. The van der Waals surface area contributed by atoms with Gasteiger partial charge in [-0.2, -0.15) is 0 Å². The molecule has 0 spiro atoms. The molecule has 94 valence electrons. The molecule has 0 radical (unpaired) electrons. The molecule has 1 aromatic rings. The summed E-state index contributed by atoms with van der Waals surface area (Å²) in [5.74, 6) is 0.596. The van der Waals surface area contributed by atoms with Crippen molar-refractivity contribution in [3.05, 3.63) is 30.1 Å². The van der Waals surface area contributed by atoms with E-state index >= 15 is 0 Å². The fourth-order valence-corrected chi connectivity index (χ4v) is 3.94. The van der Waals surface area contributed by atoms with Gasteiger partial charge < -0.3 is 5.32 Å². The molecule has 1 aliphatic rings. The minimum Gasteiger partial charge on any atom is -0.316 e. The highest BCUT2D eigenvalue weighted by Gasteiger charge is 2.21. The van der Waals surface area contributed by atoms with E-state index in [2.05, 4.69) is 10.3 Å². The maximum Gasteiger partial charge on any atom is 0.156 e. The van der Waals surface area contributed by atoms with E-state index < -0.39 is 9.84 Å². The van der Waals surface area contributed by atoms with Gasteiger partial charge in [0.25, 0.3) is 0 Å². The molecular formula is C12H18N2O2S. The molecule has 0 bridgehead atoms. The molecule has 2 rings (SSSR count). The molecule has 1 fully saturated rings. The molecule has 0 aromatic carbocycles. The van der Waals surface area contributed by atoms with Crippen molar-refractivity contribution in [3.8, 4) is 0 Å². The van der Waals surface area contributed by atoms with Crippen LogP contribution in [0.1, 0.15) is 18.5 Å². The summed E-state index contributed by atoms with van der Waals surface area (Å²) in [5.41, 5.74) is 0.635. The molecule has 1 saturated heterocycles. The molecule has 17 heavy (non-hydrogen) atoms. The zero-order chi connectivity index (χ0) is 12.1. The summed E-state index contributed by atoms with van der Waals surface area (Å²) in [6.07, 6.45) is 3.71. The zero-order valence-corrected chi connectivity index (χ0v) is 10.6. The normalized spacial score (nSPS) is 21.3. The largest absolute Gasteiger partial charge is 0.316 e. The number of piperidine rings is 1. The van der Waals surface area contributed by atoms with Gasteiger partial charge >= 0.3 is 0 Å². The van der Waals surface area contributed by atoms with Crippen molar-refractivity contribution >= 4 is 9.84 Å². The predicted octanol–water partition coefficient (Wildman–Crippen LogP) is 0.996. The first kappa shape index (κ1) is 12.5. The van der Waals surface area contributed by atoms with Gasteiger partial charge in [-0.15, -0.1) is 0 Å². The third-order valence-corrected chi connectivity index (χ3v) is 4.70. The fourth-order valence-electron chi connectivity index (χ4n) is 2.19. The Balaban J connectivity index is 1.94. The van der Waals surface area contributed by atoms with Crippen LogP contribution in [0.5, 0.6) is 0 Å². The van der Waals surface area contributed by atoms with Crippen LogP contribution in [0.15, 0.2) is 24.4 Å². The Hall–Kier alpha value is -0.940. The smallest absolute Gasteiger partial charge is 0.156 e. The molecular weight excluding hydrogens is 236 g/mol. The van der Waals surface area contributed by atoms with Crippen molar-refractivity contribution in [2.45, 2.75) is 18.6 Å². The van der Waals surface area contributed by atoms with E-state index in [1.807, 2.05) is 6.07 Å². The molecule has 1 aliphatic heterocycles. The topological polar surface area (TPSA) is 59.1 Å². The first-order valence-electron chi connectivity index (χ1n) is 5.97. The van der Waals surface area contributed by atoms with Crippen LogP contribution in [0.2, 0.25) is 0 Å². The van der Waals surface area contributed by atoms with Gasteiger partial charge in [0.05, 0.1) is 17.2 Å². The average Bonchev–Trinajstić information content (AvgIpc) is 2.30. The molecule has 1 aromatic heterocycles. The Morgan fingerprint density at radius 1 is 1.41 bits per heavy atom. The van der Waals surface area contributed by atoms with E-state index in [1.54, 1.807) is 18.3 Å². The standard InChI is InChI=1S/C12H18N2O2S/c15-17(16,9-11-4-3-6-13-8-11)10-12-5-1-2-7-14-12/h1-2,5,7,11,13H,3-4,6,8-10H2. The van der Waals surface area contributed by atoms with Gasteiger partial charge in [0.2, 0.25) is 0 Å². The third-order valence-electron chi connectivity index (χ3n) is 2.98. The average molecular weight is 254 g/mol. The number of rotatable bonds is 4. The number of hydrogen-bond donors (Lipinski definition) is 1. The lowest BCUT2D eigenvalue weighted by Crippen LogP contribution is -2.34. The molecule has 1 N–H and O–H groups in total. The van der Waals surface area contributed by atoms with Crippen LogP contribution >= 0.6 is 0 Å². The van der Waals surface area contributed by atoms with Gasteiger partial charge in [-0.05, 0) is 44.0 Å². The molecule has 0 aliphatic carbocycles. The van der Waals surface area contributed by atoms with Gasteiger partial charge in [0, 0.05) is 6.20 Å². The highest BCUT2D eigenvalue weighted by molar-refractivity contribution is 7.90. The lowest BCUT2D eigenvalue weighted by molar-refractivity contribution is 0.404. The van der Waals surface area contributed by atoms with Crippen LogP contribution < -0.4 is 5.32 Å². The third kappa shape index (κ3) is 4.09. The van der Waals surface area contributed by atoms with Gasteiger partial charge in [0.1, 0.15) is 0 Å². The summed E-state index contributed by atoms with van der Waals surface area (Å²) in [7, 11) is -3.04. The molecule has 0 saturated carbocycles. The Morgan fingerprint density at radius 2 is 2.29 bits per heavy atom. The Labute approximate surface area is 102 Å². The molecule has 5 heteroatoms.